The van der Waals surface area contributed by atoms with E-state index in [1.807, 2.05) is 24.3 Å². The summed E-state index contributed by atoms with van der Waals surface area (Å²) in [6.07, 6.45) is 0.266. The number of carbonyl (C=O) groups is 1. The first-order valence-corrected chi connectivity index (χ1v) is 7.33. The van der Waals surface area contributed by atoms with Crippen molar-refractivity contribution >= 4 is 21.7 Å². The fraction of sp³-hybridized carbons (Fsp3) is 0.235. The summed E-state index contributed by atoms with van der Waals surface area (Å²) in [7, 11) is 0. The number of hydrogen-bond acceptors (Lipinski definition) is 1. The molecule has 0 radical (unpaired) electrons. The van der Waals surface area contributed by atoms with Crippen LogP contribution in [0.15, 0.2) is 46.9 Å². The topological polar surface area (TPSA) is 17.1 Å². The van der Waals surface area contributed by atoms with E-state index in [0.717, 1.165) is 5.56 Å². The van der Waals surface area contributed by atoms with Crippen LogP contribution in [0.5, 0.6) is 0 Å². The zero-order valence-electron chi connectivity index (χ0n) is 11.5. The molecule has 3 heteroatoms. The molecule has 0 aliphatic carbocycles. The maximum atomic E-state index is 13.0. The fourth-order valence-corrected chi connectivity index (χ4v) is 2.49. The summed E-state index contributed by atoms with van der Waals surface area (Å²) in [5.74, 6) is 0.173. The number of carbonyl (C=O) groups excluding carboxylic acids is 1. The number of Topliss-reactive ketones (excluding diaryl/α,β-unsaturated/α-hetero) is 1. The van der Waals surface area contributed by atoms with Crippen molar-refractivity contribution in [2.24, 2.45) is 0 Å². The quantitative estimate of drug-likeness (QED) is 0.707. The smallest absolute Gasteiger partial charge is 0.167 e. The van der Waals surface area contributed by atoms with Crippen molar-refractivity contribution in [3.05, 3.63) is 69.4 Å². The zero-order chi connectivity index (χ0) is 14.7. The minimum absolute atomic E-state index is 0.0348. The molecule has 104 valence electrons. The van der Waals surface area contributed by atoms with Crippen LogP contribution in [-0.2, 0) is 6.42 Å². The lowest BCUT2D eigenvalue weighted by Crippen LogP contribution is -2.04. The fourth-order valence-electron chi connectivity index (χ4n) is 1.99. The molecule has 2 aromatic carbocycles. The van der Waals surface area contributed by atoms with Gasteiger partial charge in [-0.15, -0.1) is 0 Å². The van der Waals surface area contributed by atoms with Gasteiger partial charge in [0.1, 0.15) is 5.82 Å². The molecule has 0 fully saturated rings. The number of rotatable bonds is 4. The highest BCUT2D eigenvalue weighted by Crippen LogP contribution is 2.21. The average Bonchev–Trinajstić information content (AvgIpc) is 2.42. The first kappa shape index (κ1) is 14.9. The highest BCUT2D eigenvalue weighted by molar-refractivity contribution is 9.10. The Bertz CT molecular complexity index is 617. The summed E-state index contributed by atoms with van der Waals surface area (Å²) in [6.45, 7) is 4.24. The molecule has 0 bridgehead atoms. The van der Waals surface area contributed by atoms with E-state index < -0.39 is 0 Å². The van der Waals surface area contributed by atoms with E-state index >= 15 is 0 Å². The molecule has 2 rings (SSSR count). The summed E-state index contributed by atoms with van der Waals surface area (Å²) >= 11 is 3.29. The number of ketones is 1. The Morgan fingerprint density at radius 1 is 1.15 bits per heavy atom. The molecule has 0 saturated carbocycles. The first-order chi connectivity index (χ1) is 9.47. The van der Waals surface area contributed by atoms with Crippen LogP contribution in [0, 0.1) is 5.82 Å². The maximum Gasteiger partial charge on any atom is 0.167 e. The van der Waals surface area contributed by atoms with E-state index in [-0.39, 0.29) is 18.0 Å². The van der Waals surface area contributed by atoms with E-state index in [1.54, 1.807) is 6.07 Å². The second kappa shape index (κ2) is 6.31. The van der Waals surface area contributed by atoms with Gasteiger partial charge < -0.3 is 0 Å². The summed E-state index contributed by atoms with van der Waals surface area (Å²) in [4.78, 5) is 12.2. The molecule has 20 heavy (non-hydrogen) atoms. The SMILES string of the molecule is CC(C)c1ccc(C(=O)Cc2ccc(F)cc2Br)cc1. The van der Waals surface area contributed by atoms with Gasteiger partial charge in [0, 0.05) is 16.5 Å². The highest BCUT2D eigenvalue weighted by atomic mass is 79.9. The first-order valence-electron chi connectivity index (χ1n) is 6.54. The molecule has 0 spiro atoms. The van der Waals surface area contributed by atoms with Gasteiger partial charge in [-0.2, -0.15) is 0 Å². The predicted molar refractivity (Wildman–Crippen MR) is 82.7 cm³/mol. The van der Waals surface area contributed by atoms with Gasteiger partial charge in [-0.3, -0.25) is 4.79 Å². The summed E-state index contributed by atoms with van der Waals surface area (Å²) in [5.41, 5.74) is 2.69. The Morgan fingerprint density at radius 3 is 2.35 bits per heavy atom. The number of halogens is 2. The molecule has 0 saturated heterocycles. The average molecular weight is 335 g/mol. The van der Waals surface area contributed by atoms with Crippen molar-refractivity contribution in [1.82, 2.24) is 0 Å². The van der Waals surface area contributed by atoms with Gasteiger partial charge in [-0.25, -0.2) is 4.39 Å². The third kappa shape index (κ3) is 3.54. The molecular weight excluding hydrogens is 319 g/mol. The Kier molecular flexibility index (Phi) is 4.71. The van der Waals surface area contributed by atoms with Gasteiger partial charge in [0.05, 0.1) is 0 Å². The molecule has 0 atom stereocenters. The summed E-state index contributed by atoms with van der Waals surface area (Å²) < 4.78 is 13.6. The van der Waals surface area contributed by atoms with E-state index in [2.05, 4.69) is 29.8 Å². The second-order valence-corrected chi connectivity index (χ2v) is 5.97. The molecule has 0 aromatic heterocycles. The molecule has 0 unspecified atom stereocenters. The number of hydrogen-bond donors (Lipinski definition) is 0. The summed E-state index contributed by atoms with van der Waals surface area (Å²) in [6, 6.07) is 12.1. The molecule has 0 amide bonds. The molecule has 0 aliphatic rings. The highest BCUT2D eigenvalue weighted by Gasteiger charge is 2.10. The van der Waals surface area contributed by atoms with Crippen molar-refractivity contribution in [3.63, 3.8) is 0 Å². The summed E-state index contributed by atoms with van der Waals surface area (Å²) in [5, 5.41) is 0. The molecule has 0 aliphatic heterocycles. The minimum atomic E-state index is -0.311. The predicted octanol–water partition coefficient (Wildman–Crippen LogP) is 5.14. The van der Waals surface area contributed by atoms with E-state index in [1.165, 1.54) is 17.7 Å². The lowest BCUT2D eigenvalue weighted by molar-refractivity contribution is 0.0992. The third-order valence-corrected chi connectivity index (χ3v) is 4.00. The lowest BCUT2D eigenvalue weighted by Gasteiger charge is -2.07. The van der Waals surface area contributed by atoms with Gasteiger partial charge in [0.25, 0.3) is 0 Å². The zero-order valence-corrected chi connectivity index (χ0v) is 13.1. The lowest BCUT2D eigenvalue weighted by atomic mass is 9.98. The van der Waals surface area contributed by atoms with Gasteiger partial charge >= 0.3 is 0 Å². The molecule has 2 aromatic rings. The van der Waals surface area contributed by atoms with Crippen molar-refractivity contribution in [3.8, 4) is 0 Å². The van der Waals surface area contributed by atoms with Crippen LogP contribution in [0.4, 0.5) is 4.39 Å². The van der Waals surface area contributed by atoms with E-state index in [4.69, 9.17) is 0 Å². The monoisotopic (exact) mass is 334 g/mol. The Morgan fingerprint density at radius 2 is 1.80 bits per heavy atom. The van der Waals surface area contributed by atoms with Crippen LogP contribution < -0.4 is 0 Å². The number of benzene rings is 2. The largest absolute Gasteiger partial charge is 0.294 e. The molecule has 1 nitrogen and oxygen atoms in total. The van der Waals surface area contributed by atoms with Crippen molar-refractivity contribution in [2.45, 2.75) is 26.2 Å². The Hall–Kier alpha value is -1.48. The van der Waals surface area contributed by atoms with E-state index in [9.17, 15) is 9.18 Å². The van der Waals surface area contributed by atoms with Crippen molar-refractivity contribution in [2.75, 3.05) is 0 Å². The Labute approximate surface area is 127 Å². The van der Waals surface area contributed by atoms with E-state index in [0.29, 0.717) is 16.0 Å². The standard InChI is InChI=1S/C17H16BrFO/c1-11(2)12-3-5-13(6-4-12)17(20)9-14-7-8-15(19)10-16(14)18/h3-8,10-11H,9H2,1-2H3. The van der Waals surface area contributed by atoms with Crippen LogP contribution in [0.2, 0.25) is 0 Å². The van der Waals surface area contributed by atoms with Crippen LogP contribution in [0.3, 0.4) is 0 Å². The molecular formula is C17H16BrFO. The van der Waals surface area contributed by atoms with Crippen LogP contribution in [0.25, 0.3) is 0 Å². The molecule has 0 heterocycles. The minimum Gasteiger partial charge on any atom is -0.294 e. The molecule has 0 N–H and O–H groups in total. The normalized spacial score (nSPS) is 10.8. The van der Waals surface area contributed by atoms with Crippen LogP contribution in [-0.4, -0.2) is 5.78 Å². The Balaban J connectivity index is 2.15. The van der Waals surface area contributed by atoms with Gasteiger partial charge in [-0.1, -0.05) is 60.1 Å². The van der Waals surface area contributed by atoms with Crippen molar-refractivity contribution in [1.29, 1.82) is 0 Å². The van der Waals surface area contributed by atoms with Gasteiger partial charge in [-0.05, 0) is 29.2 Å². The van der Waals surface area contributed by atoms with Gasteiger partial charge in [0.15, 0.2) is 5.78 Å². The second-order valence-electron chi connectivity index (χ2n) is 5.11. The van der Waals surface area contributed by atoms with Crippen LogP contribution >= 0.6 is 15.9 Å². The third-order valence-electron chi connectivity index (χ3n) is 3.27. The van der Waals surface area contributed by atoms with Crippen molar-refractivity contribution < 1.29 is 9.18 Å². The maximum absolute atomic E-state index is 13.0. The van der Waals surface area contributed by atoms with Crippen LogP contribution in [0.1, 0.15) is 41.3 Å². The van der Waals surface area contributed by atoms with Gasteiger partial charge in [0.2, 0.25) is 0 Å².